The highest BCUT2D eigenvalue weighted by Gasteiger charge is 2.15. The van der Waals surface area contributed by atoms with Crippen molar-refractivity contribution in [2.45, 2.75) is 26.3 Å². The first-order valence-electron chi connectivity index (χ1n) is 5.48. The molecule has 5 heteroatoms. The first-order valence-corrected chi connectivity index (χ1v) is 6.36. The van der Waals surface area contributed by atoms with E-state index in [0.717, 1.165) is 18.9 Å². The van der Waals surface area contributed by atoms with Crippen molar-refractivity contribution in [3.63, 3.8) is 0 Å². The predicted molar refractivity (Wildman–Crippen MR) is 70.4 cm³/mol. The molecule has 1 heterocycles. The van der Waals surface area contributed by atoms with Gasteiger partial charge in [0.2, 0.25) is 5.96 Å². The molecule has 1 unspecified atom stereocenters. The lowest BCUT2D eigenvalue weighted by Crippen LogP contribution is -2.43. The van der Waals surface area contributed by atoms with Crippen molar-refractivity contribution >= 4 is 17.3 Å². The van der Waals surface area contributed by atoms with Crippen LogP contribution in [0, 0.1) is 0 Å². The van der Waals surface area contributed by atoms with Gasteiger partial charge in [0.15, 0.2) is 0 Å². The van der Waals surface area contributed by atoms with Crippen molar-refractivity contribution in [2.75, 3.05) is 13.6 Å². The maximum absolute atomic E-state index is 5.49. The van der Waals surface area contributed by atoms with Gasteiger partial charge >= 0.3 is 0 Å². The lowest BCUT2D eigenvalue weighted by atomic mass is 10.2. The molecule has 0 aromatic carbocycles. The Morgan fingerprint density at radius 2 is 2.44 bits per heavy atom. The Hall–Kier alpha value is -1.07. The van der Waals surface area contributed by atoms with Gasteiger partial charge in [0.25, 0.3) is 0 Å². The van der Waals surface area contributed by atoms with E-state index in [4.69, 9.17) is 5.84 Å². The molecule has 0 aliphatic heterocycles. The lowest BCUT2D eigenvalue weighted by molar-refractivity contribution is 0.392. The smallest absolute Gasteiger partial charge is 0.208 e. The van der Waals surface area contributed by atoms with Crippen LogP contribution in [0.1, 0.15) is 31.2 Å². The fourth-order valence-corrected chi connectivity index (χ4v) is 2.21. The number of hydrogen-bond acceptors (Lipinski definition) is 3. The third kappa shape index (κ3) is 3.21. The molecule has 0 aliphatic carbocycles. The number of hydrogen-bond donors (Lipinski definition) is 2. The lowest BCUT2D eigenvalue weighted by Gasteiger charge is -2.26. The molecule has 0 saturated carbocycles. The SMILES string of the molecule is CCCN=C(NN)N(C)C(C)c1cccs1. The summed E-state index contributed by atoms with van der Waals surface area (Å²) in [5.74, 6) is 6.23. The molecule has 90 valence electrons. The molecule has 1 atom stereocenters. The fraction of sp³-hybridized carbons (Fsp3) is 0.545. The van der Waals surface area contributed by atoms with E-state index in [1.165, 1.54) is 4.88 Å². The van der Waals surface area contributed by atoms with E-state index in [-0.39, 0.29) is 6.04 Å². The average Bonchev–Trinajstić information content (AvgIpc) is 2.82. The Bertz CT molecular complexity index is 321. The topological polar surface area (TPSA) is 53.6 Å². The Labute approximate surface area is 101 Å². The maximum atomic E-state index is 5.49. The molecule has 0 fully saturated rings. The summed E-state index contributed by atoms with van der Waals surface area (Å²) in [6.07, 6.45) is 1.02. The highest BCUT2D eigenvalue weighted by Crippen LogP contribution is 2.23. The van der Waals surface area contributed by atoms with Gasteiger partial charge < -0.3 is 4.90 Å². The van der Waals surface area contributed by atoms with Gasteiger partial charge in [-0.1, -0.05) is 13.0 Å². The number of thiophene rings is 1. The Balaban J connectivity index is 2.71. The van der Waals surface area contributed by atoms with Crippen molar-refractivity contribution in [3.05, 3.63) is 22.4 Å². The van der Waals surface area contributed by atoms with E-state index in [2.05, 4.69) is 46.7 Å². The Morgan fingerprint density at radius 3 is 2.94 bits per heavy atom. The highest BCUT2D eigenvalue weighted by molar-refractivity contribution is 7.10. The molecule has 0 bridgehead atoms. The van der Waals surface area contributed by atoms with Gasteiger partial charge in [0, 0.05) is 18.5 Å². The van der Waals surface area contributed by atoms with E-state index in [1.54, 1.807) is 11.3 Å². The van der Waals surface area contributed by atoms with Gasteiger partial charge in [-0.3, -0.25) is 10.4 Å². The van der Waals surface area contributed by atoms with E-state index in [9.17, 15) is 0 Å². The number of guanidine groups is 1. The van der Waals surface area contributed by atoms with E-state index >= 15 is 0 Å². The standard InChI is InChI=1S/C11H20N4S/c1-4-7-13-11(14-12)15(3)9(2)10-6-5-8-16-10/h5-6,8-9H,4,7,12H2,1-3H3,(H,13,14). The quantitative estimate of drug-likeness (QED) is 0.366. The third-order valence-electron chi connectivity index (χ3n) is 2.48. The molecule has 1 rings (SSSR count). The number of nitrogens with two attached hydrogens (primary N) is 1. The third-order valence-corrected chi connectivity index (χ3v) is 3.53. The van der Waals surface area contributed by atoms with Crippen LogP contribution in [0.5, 0.6) is 0 Å². The zero-order valence-electron chi connectivity index (χ0n) is 10.1. The van der Waals surface area contributed by atoms with Gasteiger partial charge in [-0.05, 0) is 24.8 Å². The first-order chi connectivity index (χ1) is 7.70. The van der Waals surface area contributed by atoms with Gasteiger partial charge in [-0.2, -0.15) is 0 Å². The molecule has 0 amide bonds. The van der Waals surface area contributed by atoms with Gasteiger partial charge in [0.05, 0.1) is 6.04 Å². The van der Waals surface area contributed by atoms with Crippen LogP contribution >= 0.6 is 11.3 Å². The molecular formula is C11H20N4S. The van der Waals surface area contributed by atoms with Crippen LogP contribution in [0.3, 0.4) is 0 Å². The van der Waals surface area contributed by atoms with Crippen LogP contribution in [0.25, 0.3) is 0 Å². The van der Waals surface area contributed by atoms with E-state index in [0.29, 0.717) is 0 Å². The van der Waals surface area contributed by atoms with Crippen LogP contribution in [0.4, 0.5) is 0 Å². The number of aliphatic imine (C=N–C) groups is 1. The van der Waals surface area contributed by atoms with E-state index < -0.39 is 0 Å². The summed E-state index contributed by atoms with van der Waals surface area (Å²) < 4.78 is 0. The second-order valence-electron chi connectivity index (χ2n) is 3.65. The van der Waals surface area contributed by atoms with Crippen LogP contribution in [-0.4, -0.2) is 24.5 Å². The highest BCUT2D eigenvalue weighted by atomic mass is 32.1. The van der Waals surface area contributed by atoms with Crippen molar-refractivity contribution in [1.82, 2.24) is 10.3 Å². The van der Waals surface area contributed by atoms with Crippen molar-refractivity contribution in [1.29, 1.82) is 0 Å². The largest absolute Gasteiger partial charge is 0.337 e. The number of hydrazine groups is 1. The van der Waals surface area contributed by atoms with Gasteiger partial charge in [-0.25, -0.2) is 5.84 Å². The normalized spacial score (nSPS) is 13.6. The summed E-state index contributed by atoms with van der Waals surface area (Å²) in [5.41, 5.74) is 2.66. The van der Waals surface area contributed by atoms with E-state index in [1.807, 2.05) is 7.05 Å². The maximum Gasteiger partial charge on any atom is 0.208 e. The summed E-state index contributed by atoms with van der Waals surface area (Å²) in [4.78, 5) is 7.77. The molecule has 0 aliphatic rings. The summed E-state index contributed by atoms with van der Waals surface area (Å²) >= 11 is 1.75. The Kier molecular flexibility index (Phi) is 5.28. The predicted octanol–water partition coefficient (Wildman–Crippen LogP) is 1.97. The minimum absolute atomic E-state index is 0.284. The first kappa shape index (κ1) is 13.0. The molecule has 3 N–H and O–H groups in total. The molecular weight excluding hydrogens is 220 g/mol. The average molecular weight is 240 g/mol. The fourth-order valence-electron chi connectivity index (χ4n) is 1.38. The van der Waals surface area contributed by atoms with Crippen molar-refractivity contribution in [2.24, 2.45) is 10.8 Å². The summed E-state index contributed by atoms with van der Waals surface area (Å²) in [5, 5.41) is 2.08. The monoisotopic (exact) mass is 240 g/mol. The van der Waals surface area contributed by atoms with Crippen molar-refractivity contribution < 1.29 is 0 Å². The Morgan fingerprint density at radius 1 is 1.69 bits per heavy atom. The number of nitrogens with zero attached hydrogens (tertiary/aromatic N) is 2. The second-order valence-corrected chi connectivity index (χ2v) is 4.63. The molecule has 0 radical (unpaired) electrons. The van der Waals surface area contributed by atoms with Crippen LogP contribution in [0.15, 0.2) is 22.5 Å². The zero-order chi connectivity index (χ0) is 12.0. The molecule has 1 aromatic heterocycles. The molecule has 0 saturated heterocycles. The summed E-state index contributed by atoms with van der Waals surface area (Å²) in [6, 6.07) is 4.47. The molecule has 4 nitrogen and oxygen atoms in total. The summed E-state index contributed by atoms with van der Waals surface area (Å²) in [6.45, 7) is 5.03. The van der Waals surface area contributed by atoms with Crippen molar-refractivity contribution in [3.8, 4) is 0 Å². The molecule has 16 heavy (non-hydrogen) atoms. The van der Waals surface area contributed by atoms with Gasteiger partial charge in [0.1, 0.15) is 0 Å². The zero-order valence-corrected chi connectivity index (χ0v) is 10.9. The van der Waals surface area contributed by atoms with Crippen LogP contribution in [0.2, 0.25) is 0 Å². The van der Waals surface area contributed by atoms with Crippen LogP contribution < -0.4 is 11.3 Å². The minimum Gasteiger partial charge on any atom is -0.337 e. The van der Waals surface area contributed by atoms with Crippen LogP contribution in [-0.2, 0) is 0 Å². The summed E-state index contributed by atoms with van der Waals surface area (Å²) in [7, 11) is 2.00. The van der Waals surface area contributed by atoms with Gasteiger partial charge in [-0.15, -0.1) is 11.3 Å². The number of rotatable bonds is 4. The minimum atomic E-state index is 0.284. The second kappa shape index (κ2) is 6.50. The molecule has 0 spiro atoms. The molecule has 1 aromatic rings. The number of nitrogens with one attached hydrogen (secondary N) is 1.